The Bertz CT molecular complexity index is 830. The van der Waals surface area contributed by atoms with Gasteiger partial charge in [0.05, 0.1) is 10.0 Å². The third kappa shape index (κ3) is 2.82. The average Bonchev–Trinajstić information content (AvgIpc) is 2.91. The number of carbonyl (C=O) groups is 3. The summed E-state index contributed by atoms with van der Waals surface area (Å²) in [5.74, 6) is -1.82. The lowest BCUT2D eigenvalue weighted by Crippen LogP contribution is -2.03. The molecule has 0 spiro atoms. The standard InChI is InChI=1S/C16H10BrFO3.CH2O/c1-7(19)8-2-3-10-9(4-8)5-11-12(16(20)21)6-13(18)15(17)14(10)11;1-2/h2-4,6H,5H2,1H3,(H,20,21);1H2. The van der Waals surface area contributed by atoms with Crippen LogP contribution in [0.4, 0.5) is 4.39 Å². The Kier molecular flexibility index (Phi) is 4.75. The SMILES string of the molecule is C=O.CC(=O)c1ccc2c(c1)Cc1c(C(=O)O)cc(F)c(Br)c1-2. The highest BCUT2D eigenvalue weighted by Gasteiger charge is 2.28. The monoisotopic (exact) mass is 378 g/mol. The van der Waals surface area contributed by atoms with Gasteiger partial charge in [0, 0.05) is 11.1 Å². The van der Waals surface area contributed by atoms with Gasteiger partial charge in [-0.15, -0.1) is 0 Å². The van der Waals surface area contributed by atoms with Gasteiger partial charge in [-0.2, -0.15) is 0 Å². The molecule has 23 heavy (non-hydrogen) atoms. The molecular weight excluding hydrogens is 367 g/mol. The average molecular weight is 379 g/mol. The van der Waals surface area contributed by atoms with Gasteiger partial charge in [0.2, 0.25) is 0 Å². The van der Waals surface area contributed by atoms with Crippen molar-refractivity contribution in [2.24, 2.45) is 0 Å². The molecule has 0 aliphatic heterocycles. The minimum Gasteiger partial charge on any atom is -0.478 e. The number of ketones is 1. The van der Waals surface area contributed by atoms with Crippen LogP contribution in [-0.4, -0.2) is 23.6 Å². The van der Waals surface area contributed by atoms with Crippen molar-refractivity contribution in [3.63, 3.8) is 0 Å². The molecule has 0 radical (unpaired) electrons. The number of carbonyl (C=O) groups excluding carboxylic acids is 2. The molecule has 0 atom stereocenters. The highest BCUT2D eigenvalue weighted by Crippen LogP contribution is 2.44. The molecule has 0 saturated carbocycles. The number of carboxylic acids is 1. The summed E-state index contributed by atoms with van der Waals surface area (Å²) in [6, 6.07) is 6.19. The summed E-state index contributed by atoms with van der Waals surface area (Å²) in [6.07, 6.45) is 0.381. The van der Waals surface area contributed by atoms with Gasteiger partial charge in [-0.1, -0.05) is 12.1 Å². The molecule has 0 amide bonds. The van der Waals surface area contributed by atoms with Crippen molar-refractivity contribution in [3.05, 3.63) is 56.8 Å². The first-order valence-corrected chi connectivity index (χ1v) is 7.36. The van der Waals surface area contributed by atoms with E-state index in [-0.39, 0.29) is 15.8 Å². The van der Waals surface area contributed by atoms with Gasteiger partial charge in [0.1, 0.15) is 12.6 Å². The molecule has 0 bridgehead atoms. The van der Waals surface area contributed by atoms with Crippen molar-refractivity contribution in [1.82, 2.24) is 0 Å². The predicted molar refractivity (Wildman–Crippen MR) is 86.4 cm³/mol. The van der Waals surface area contributed by atoms with E-state index in [0.717, 1.165) is 17.2 Å². The van der Waals surface area contributed by atoms with Crippen LogP contribution in [0.1, 0.15) is 38.8 Å². The summed E-state index contributed by atoms with van der Waals surface area (Å²) >= 11 is 3.20. The zero-order chi connectivity index (χ0) is 17.3. The van der Waals surface area contributed by atoms with Crippen molar-refractivity contribution in [2.45, 2.75) is 13.3 Å². The van der Waals surface area contributed by atoms with E-state index >= 15 is 0 Å². The van der Waals surface area contributed by atoms with Crippen LogP contribution in [0.2, 0.25) is 0 Å². The molecular formula is C17H12BrFO4. The number of benzene rings is 2. The van der Waals surface area contributed by atoms with Gasteiger partial charge in [-0.05, 0) is 58.1 Å². The number of carboxylic acid groups (broad SMARTS) is 1. The number of aromatic carboxylic acids is 1. The molecule has 3 rings (SSSR count). The van der Waals surface area contributed by atoms with E-state index in [1.807, 2.05) is 6.79 Å². The van der Waals surface area contributed by atoms with E-state index in [1.165, 1.54) is 6.92 Å². The molecule has 6 heteroatoms. The van der Waals surface area contributed by atoms with E-state index in [4.69, 9.17) is 4.79 Å². The van der Waals surface area contributed by atoms with Crippen LogP contribution >= 0.6 is 15.9 Å². The van der Waals surface area contributed by atoms with E-state index < -0.39 is 11.8 Å². The summed E-state index contributed by atoms with van der Waals surface area (Å²) in [7, 11) is 0. The molecule has 1 N–H and O–H groups in total. The molecule has 0 aromatic heterocycles. The van der Waals surface area contributed by atoms with Crippen molar-refractivity contribution in [1.29, 1.82) is 0 Å². The third-order valence-corrected chi connectivity index (χ3v) is 4.48. The molecule has 0 unspecified atom stereocenters. The largest absolute Gasteiger partial charge is 0.478 e. The fourth-order valence-corrected chi connectivity index (χ4v) is 3.28. The fourth-order valence-electron chi connectivity index (χ4n) is 2.71. The third-order valence-electron chi connectivity index (χ3n) is 3.71. The lowest BCUT2D eigenvalue weighted by molar-refractivity contribution is -0.0980. The summed E-state index contributed by atoms with van der Waals surface area (Å²) in [5.41, 5.74) is 3.28. The number of hydrogen-bond donors (Lipinski definition) is 1. The Balaban J connectivity index is 0.000000924. The summed E-state index contributed by atoms with van der Waals surface area (Å²) in [4.78, 5) is 30.8. The van der Waals surface area contributed by atoms with Gasteiger partial charge in [0.15, 0.2) is 5.78 Å². The number of hydrogen-bond acceptors (Lipinski definition) is 3. The normalized spacial score (nSPS) is 11.1. The van der Waals surface area contributed by atoms with Crippen LogP contribution in [0.25, 0.3) is 11.1 Å². The minimum atomic E-state index is -1.16. The Morgan fingerprint density at radius 1 is 1.26 bits per heavy atom. The first kappa shape index (κ1) is 17.0. The van der Waals surface area contributed by atoms with Gasteiger partial charge in [0.25, 0.3) is 0 Å². The summed E-state index contributed by atoms with van der Waals surface area (Å²) < 4.78 is 14.2. The van der Waals surface area contributed by atoms with E-state index in [1.54, 1.807) is 18.2 Å². The fraction of sp³-hybridized carbons (Fsp3) is 0.118. The van der Waals surface area contributed by atoms with Gasteiger partial charge < -0.3 is 9.90 Å². The zero-order valence-corrected chi connectivity index (χ0v) is 13.7. The highest BCUT2D eigenvalue weighted by atomic mass is 79.9. The molecule has 0 fully saturated rings. The Labute approximate surface area is 140 Å². The number of rotatable bonds is 2. The Hall–Kier alpha value is -2.34. The van der Waals surface area contributed by atoms with Crippen LogP contribution in [-0.2, 0) is 11.2 Å². The molecule has 1 aliphatic carbocycles. The van der Waals surface area contributed by atoms with Gasteiger partial charge >= 0.3 is 5.97 Å². The number of Topliss-reactive ketones (excluding diaryl/α,β-unsaturated/α-hetero) is 1. The van der Waals surface area contributed by atoms with Crippen LogP contribution in [0.5, 0.6) is 0 Å². The van der Waals surface area contributed by atoms with Crippen molar-refractivity contribution in [2.75, 3.05) is 0 Å². The van der Waals surface area contributed by atoms with Crippen LogP contribution in [0.3, 0.4) is 0 Å². The lowest BCUT2D eigenvalue weighted by atomic mass is 10.0. The molecule has 0 heterocycles. The second-order valence-corrected chi connectivity index (χ2v) is 5.78. The lowest BCUT2D eigenvalue weighted by Gasteiger charge is -2.08. The summed E-state index contributed by atoms with van der Waals surface area (Å²) in [5, 5.41) is 9.25. The topological polar surface area (TPSA) is 71.4 Å². The predicted octanol–water partition coefficient (Wildman–Crippen LogP) is 3.88. The molecule has 2 aromatic carbocycles. The Morgan fingerprint density at radius 2 is 1.91 bits per heavy atom. The second kappa shape index (κ2) is 6.42. The van der Waals surface area contributed by atoms with E-state index in [0.29, 0.717) is 23.1 Å². The maximum absolute atomic E-state index is 13.9. The second-order valence-electron chi connectivity index (χ2n) is 4.98. The van der Waals surface area contributed by atoms with Gasteiger partial charge in [-0.25, -0.2) is 9.18 Å². The highest BCUT2D eigenvalue weighted by molar-refractivity contribution is 9.10. The van der Waals surface area contributed by atoms with E-state index in [2.05, 4.69) is 15.9 Å². The molecule has 118 valence electrons. The number of fused-ring (bicyclic) bond motifs is 3. The minimum absolute atomic E-state index is 0.0359. The van der Waals surface area contributed by atoms with Crippen LogP contribution in [0.15, 0.2) is 28.7 Å². The smallest absolute Gasteiger partial charge is 0.336 e. The quantitative estimate of drug-likeness (QED) is 0.686. The molecule has 4 nitrogen and oxygen atoms in total. The first-order valence-electron chi connectivity index (χ1n) is 6.57. The maximum atomic E-state index is 13.9. The van der Waals surface area contributed by atoms with E-state index in [9.17, 15) is 19.1 Å². The van der Waals surface area contributed by atoms with Crippen LogP contribution < -0.4 is 0 Å². The number of halogens is 2. The van der Waals surface area contributed by atoms with Crippen molar-refractivity contribution >= 4 is 34.5 Å². The van der Waals surface area contributed by atoms with Crippen molar-refractivity contribution in [3.8, 4) is 11.1 Å². The zero-order valence-electron chi connectivity index (χ0n) is 12.2. The molecule has 0 saturated heterocycles. The Morgan fingerprint density at radius 3 is 2.48 bits per heavy atom. The molecule has 2 aromatic rings. The summed E-state index contributed by atoms with van der Waals surface area (Å²) in [6.45, 7) is 3.47. The first-order chi connectivity index (χ1) is 10.9. The maximum Gasteiger partial charge on any atom is 0.336 e. The molecule has 1 aliphatic rings. The van der Waals surface area contributed by atoms with Crippen molar-refractivity contribution < 1.29 is 23.9 Å². The van der Waals surface area contributed by atoms with Gasteiger partial charge in [-0.3, -0.25) is 4.79 Å². The van der Waals surface area contributed by atoms with Crippen LogP contribution in [0, 0.1) is 5.82 Å².